The fourth-order valence-electron chi connectivity index (χ4n) is 1.91. The molecule has 0 aromatic heterocycles. The van der Waals surface area contributed by atoms with E-state index >= 15 is 0 Å². The van der Waals surface area contributed by atoms with Crippen molar-refractivity contribution in [3.63, 3.8) is 0 Å². The second-order valence-electron chi connectivity index (χ2n) is 4.50. The lowest BCUT2D eigenvalue weighted by molar-refractivity contribution is 0.470. The Morgan fingerprint density at radius 3 is 2.33 bits per heavy atom. The van der Waals surface area contributed by atoms with Crippen LogP contribution >= 0.6 is 11.6 Å². The third kappa shape index (κ3) is 2.51. The quantitative estimate of drug-likeness (QED) is 0.694. The van der Waals surface area contributed by atoms with Crippen LogP contribution in [0.2, 0.25) is 0 Å². The molecule has 0 heterocycles. The van der Waals surface area contributed by atoms with Crippen molar-refractivity contribution in [2.24, 2.45) is 0 Å². The Kier molecular flexibility index (Phi) is 3.93. The lowest BCUT2D eigenvalue weighted by Gasteiger charge is -2.15. The van der Waals surface area contributed by atoms with E-state index in [2.05, 4.69) is 32.9 Å². The van der Waals surface area contributed by atoms with E-state index in [1.54, 1.807) is 0 Å². The molecule has 0 bridgehead atoms. The van der Waals surface area contributed by atoms with Crippen LogP contribution in [0.5, 0.6) is 11.5 Å². The van der Waals surface area contributed by atoms with Gasteiger partial charge in [0.25, 0.3) is 0 Å². The summed E-state index contributed by atoms with van der Waals surface area (Å²) in [6.07, 6.45) is 0. The molecule has 2 aromatic rings. The Morgan fingerprint density at radius 2 is 1.61 bits per heavy atom. The first-order valence-electron chi connectivity index (χ1n) is 6.02. The number of hydrogen-bond donors (Lipinski definition) is 0. The standard InChI is InChI=1S/C16H17ClO/c1-11-8-9-12(2)16(13(11)3)18-15-7-5-4-6-14(15)10-17/h4-9H,10H2,1-3H3. The van der Waals surface area contributed by atoms with Crippen molar-refractivity contribution in [2.45, 2.75) is 26.7 Å². The number of ether oxygens (including phenoxy) is 1. The normalized spacial score (nSPS) is 10.4. The molecule has 0 unspecified atom stereocenters. The maximum Gasteiger partial charge on any atom is 0.133 e. The number of hydrogen-bond acceptors (Lipinski definition) is 1. The summed E-state index contributed by atoms with van der Waals surface area (Å²) in [6.45, 7) is 6.24. The first-order chi connectivity index (χ1) is 8.63. The van der Waals surface area contributed by atoms with Gasteiger partial charge in [-0.3, -0.25) is 0 Å². The summed E-state index contributed by atoms with van der Waals surface area (Å²) >= 11 is 5.93. The predicted molar refractivity (Wildman–Crippen MR) is 76.7 cm³/mol. The topological polar surface area (TPSA) is 9.23 Å². The summed E-state index contributed by atoms with van der Waals surface area (Å²) in [6, 6.07) is 12.1. The van der Waals surface area contributed by atoms with Crippen LogP contribution in [0.4, 0.5) is 0 Å². The molecule has 0 amide bonds. The van der Waals surface area contributed by atoms with Crippen LogP contribution in [-0.2, 0) is 5.88 Å². The van der Waals surface area contributed by atoms with Crippen molar-refractivity contribution in [3.8, 4) is 11.5 Å². The molecule has 0 saturated carbocycles. The van der Waals surface area contributed by atoms with Crippen LogP contribution < -0.4 is 4.74 Å². The van der Waals surface area contributed by atoms with Crippen molar-refractivity contribution in [3.05, 3.63) is 58.7 Å². The van der Waals surface area contributed by atoms with E-state index in [4.69, 9.17) is 16.3 Å². The van der Waals surface area contributed by atoms with E-state index in [1.165, 1.54) is 11.1 Å². The Labute approximate surface area is 113 Å². The molecule has 0 atom stereocenters. The largest absolute Gasteiger partial charge is 0.456 e. The SMILES string of the molecule is Cc1ccc(C)c(Oc2ccccc2CCl)c1C. The minimum atomic E-state index is 0.458. The van der Waals surface area contributed by atoms with Crippen molar-refractivity contribution in [1.29, 1.82) is 0 Å². The number of benzene rings is 2. The molecular weight excluding hydrogens is 244 g/mol. The zero-order chi connectivity index (χ0) is 13.1. The summed E-state index contributed by atoms with van der Waals surface area (Å²) < 4.78 is 6.06. The highest BCUT2D eigenvalue weighted by atomic mass is 35.5. The minimum Gasteiger partial charge on any atom is -0.456 e. The second kappa shape index (κ2) is 5.45. The average Bonchev–Trinajstić information content (AvgIpc) is 2.39. The van der Waals surface area contributed by atoms with Gasteiger partial charge in [-0.1, -0.05) is 30.3 Å². The molecule has 0 aliphatic heterocycles. The summed E-state index contributed by atoms with van der Waals surface area (Å²) in [5, 5.41) is 0. The molecule has 0 saturated heterocycles. The highest BCUT2D eigenvalue weighted by Gasteiger charge is 2.09. The van der Waals surface area contributed by atoms with Gasteiger partial charge in [-0.05, 0) is 43.5 Å². The molecule has 0 N–H and O–H groups in total. The van der Waals surface area contributed by atoms with Crippen LogP contribution in [0.1, 0.15) is 22.3 Å². The molecule has 0 radical (unpaired) electrons. The fraction of sp³-hybridized carbons (Fsp3) is 0.250. The zero-order valence-corrected chi connectivity index (χ0v) is 11.7. The first kappa shape index (κ1) is 13.0. The predicted octanol–water partition coefficient (Wildman–Crippen LogP) is 5.14. The molecule has 0 fully saturated rings. The summed E-state index contributed by atoms with van der Waals surface area (Å²) in [7, 11) is 0. The van der Waals surface area contributed by atoms with Crippen LogP contribution in [0.25, 0.3) is 0 Å². The molecular formula is C16H17ClO. The van der Waals surface area contributed by atoms with Gasteiger partial charge in [0.2, 0.25) is 0 Å². The summed E-state index contributed by atoms with van der Waals surface area (Å²) in [5.41, 5.74) is 4.57. The Hall–Kier alpha value is -1.47. The average molecular weight is 261 g/mol. The lowest BCUT2D eigenvalue weighted by Crippen LogP contribution is -1.95. The van der Waals surface area contributed by atoms with Crippen LogP contribution in [0.15, 0.2) is 36.4 Å². The van der Waals surface area contributed by atoms with E-state index in [-0.39, 0.29) is 0 Å². The summed E-state index contributed by atoms with van der Waals surface area (Å²) in [5.74, 6) is 2.23. The third-order valence-electron chi connectivity index (χ3n) is 3.20. The molecule has 94 valence electrons. The number of para-hydroxylation sites is 1. The van der Waals surface area contributed by atoms with E-state index < -0.39 is 0 Å². The van der Waals surface area contributed by atoms with Crippen molar-refractivity contribution in [1.82, 2.24) is 0 Å². The monoisotopic (exact) mass is 260 g/mol. The van der Waals surface area contributed by atoms with E-state index in [9.17, 15) is 0 Å². The molecule has 0 aliphatic rings. The number of rotatable bonds is 3. The summed E-state index contributed by atoms with van der Waals surface area (Å²) in [4.78, 5) is 0. The Balaban J connectivity index is 2.43. The van der Waals surface area contributed by atoms with Crippen LogP contribution in [-0.4, -0.2) is 0 Å². The van der Waals surface area contributed by atoms with Gasteiger partial charge >= 0.3 is 0 Å². The van der Waals surface area contributed by atoms with Crippen molar-refractivity contribution >= 4 is 11.6 Å². The third-order valence-corrected chi connectivity index (χ3v) is 3.49. The second-order valence-corrected chi connectivity index (χ2v) is 4.76. The van der Waals surface area contributed by atoms with Crippen LogP contribution in [0, 0.1) is 20.8 Å². The van der Waals surface area contributed by atoms with Gasteiger partial charge < -0.3 is 4.74 Å². The molecule has 2 rings (SSSR count). The van der Waals surface area contributed by atoms with Gasteiger partial charge in [0.05, 0.1) is 5.88 Å². The molecule has 0 aliphatic carbocycles. The highest BCUT2D eigenvalue weighted by molar-refractivity contribution is 6.17. The van der Waals surface area contributed by atoms with E-state index in [0.29, 0.717) is 5.88 Å². The van der Waals surface area contributed by atoms with Crippen molar-refractivity contribution < 1.29 is 4.74 Å². The molecule has 2 heteroatoms. The lowest BCUT2D eigenvalue weighted by atomic mass is 10.1. The van der Waals surface area contributed by atoms with Gasteiger partial charge in [0.1, 0.15) is 11.5 Å². The van der Waals surface area contributed by atoms with Crippen LogP contribution in [0.3, 0.4) is 0 Å². The molecule has 1 nitrogen and oxygen atoms in total. The van der Waals surface area contributed by atoms with Gasteiger partial charge in [0.15, 0.2) is 0 Å². The Morgan fingerprint density at radius 1 is 0.944 bits per heavy atom. The smallest absolute Gasteiger partial charge is 0.133 e. The number of halogens is 1. The van der Waals surface area contributed by atoms with Gasteiger partial charge in [-0.25, -0.2) is 0 Å². The fourth-order valence-corrected chi connectivity index (χ4v) is 2.13. The van der Waals surface area contributed by atoms with E-state index in [1.807, 2.05) is 24.3 Å². The minimum absolute atomic E-state index is 0.458. The first-order valence-corrected chi connectivity index (χ1v) is 6.55. The Bertz CT molecular complexity index is 561. The maximum absolute atomic E-state index is 6.06. The molecule has 0 spiro atoms. The van der Waals surface area contributed by atoms with Gasteiger partial charge in [0, 0.05) is 5.56 Å². The van der Waals surface area contributed by atoms with Gasteiger partial charge in [-0.15, -0.1) is 11.6 Å². The molecule has 2 aromatic carbocycles. The van der Waals surface area contributed by atoms with E-state index in [0.717, 1.165) is 22.6 Å². The zero-order valence-electron chi connectivity index (χ0n) is 11.0. The highest BCUT2D eigenvalue weighted by Crippen LogP contribution is 2.32. The number of alkyl halides is 1. The van der Waals surface area contributed by atoms with Gasteiger partial charge in [-0.2, -0.15) is 0 Å². The number of aryl methyl sites for hydroxylation is 2. The maximum atomic E-state index is 6.06. The molecule has 18 heavy (non-hydrogen) atoms. The van der Waals surface area contributed by atoms with Crippen molar-refractivity contribution in [2.75, 3.05) is 0 Å².